The molecule has 0 aliphatic carbocycles. The SMILES string of the molecule is CC(C)(C)N1CCC(N2CCC(C(=O)O)C2)CC1. The van der Waals surface area contributed by atoms with Gasteiger partial charge >= 0.3 is 5.97 Å². The zero-order valence-electron chi connectivity index (χ0n) is 11.9. The molecule has 0 aromatic heterocycles. The van der Waals surface area contributed by atoms with Gasteiger partial charge in [-0.25, -0.2) is 0 Å². The molecule has 104 valence electrons. The lowest BCUT2D eigenvalue weighted by molar-refractivity contribution is -0.141. The van der Waals surface area contributed by atoms with Gasteiger partial charge in [-0.15, -0.1) is 0 Å². The van der Waals surface area contributed by atoms with Gasteiger partial charge in [-0.05, 0) is 46.6 Å². The quantitative estimate of drug-likeness (QED) is 0.814. The van der Waals surface area contributed by atoms with E-state index in [0.29, 0.717) is 6.04 Å². The van der Waals surface area contributed by atoms with Gasteiger partial charge in [0.15, 0.2) is 0 Å². The molecule has 0 amide bonds. The van der Waals surface area contributed by atoms with Gasteiger partial charge in [-0.3, -0.25) is 14.6 Å². The molecule has 0 bridgehead atoms. The van der Waals surface area contributed by atoms with Crippen molar-refractivity contribution in [3.63, 3.8) is 0 Å². The molecule has 4 heteroatoms. The second-order valence-corrected chi connectivity index (χ2v) is 6.71. The number of hydrogen-bond acceptors (Lipinski definition) is 3. The van der Waals surface area contributed by atoms with Crippen molar-refractivity contribution in [1.29, 1.82) is 0 Å². The van der Waals surface area contributed by atoms with Crippen LogP contribution in [0.3, 0.4) is 0 Å². The van der Waals surface area contributed by atoms with E-state index in [1.807, 2.05) is 0 Å². The summed E-state index contributed by atoms with van der Waals surface area (Å²) in [6.07, 6.45) is 3.20. The standard InChI is InChI=1S/C14H26N2O2/c1-14(2,3)16-8-5-12(6-9-16)15-7-4-11(10-15)13(17)18/h11-12H,4-10H2,1-3H3,(H,17,18). The van der Waals surface area contributed by atoms with Gasteiger partial charge < -0.3 is 5.11 Å². The minimum Gasteiger partial charge on any atom is -0.481 e. The highest BCUT2D eigenvalue weighted by molar-refractivity contribution is 5.70. The van der Waals surface area contributed by atoms with Crippen LogP contribution in [-0.2, 0) is 4.79 Å². The highest BCUT2D eigenvalue weighted by Crippen LogP contribution is 2.27. The van der Waals surface area contributed by atoms with Crippen LogP contribution in [0.5, 0.6) is 0 Å². The molecule has 0 aromatic rings. The maximum absolute atomic E-state index is 11.0. The smallest absolute Gasteiger partial charge is 0.307 e. The summed E-state index contributed by atoms with van der Waals surface area (Å²) in [6, 6.07) is 0.605. The molecule has 1 N–H and O–H groups in total. The summed E-state index contributed by atoms with van der Waals surface area (Å²) in [7, 11) is 0. The van der Waals surface area contributed by atoms with Crippen LogP contribution in [0.15, 0.2) is 0 Å². The topological polar surface area (TPSA) is 43.8 Å². The fraction of sp³-hybridized carbons (Fsp3) is 0.929. The van der Waals surface area contributed by atoms with Gasteiger partial charge in [-0.1, -0.05) is 0 Å². The van der Waals surface area contributed by atoms with Crippen LogP contribution < -0.4 is 0 Å². The van der Waals surface area contributed by atoms with Crippen LogP contribution in [0.4, 0.5) is 0 Å². The van der Waals surface area contributed by atoms with E-state index < -0.39 is 5.97 Å². The van der Waals surface area contributed by atoms with Crippen molar-refractivity contribution < 1.29 is 9.90 Å². The third-order valence-electron chi connectivity index (χ3n) is 4.50. The number of aliphatic carboxylic acids is 1. The molecule has 0 radical (unpaired) electrons. The summed E-state index contributed by atoms with van der Waals surface area (Å²) in [6.45, 7) is 10.8. The Morgan fingerprint density at radius 3 is 2.17 bits per heavy atom. The zero-order valence-corrected chi connectivity index (χ0v) is 11.9. The lowest BCUT2D eigenvalue weighted by atomic mass is 9.97. The summed E-state index contributed by atoms with van der Waals surface area (Å²) in [5.41, 5.74) is 0.263. The third-order valence-corrected chi connectivity index (χ3v) is 4.50. The fourth-order valence-electron chi connectivity index (χ4n) is 3.22. The predicted molar refractivity (Wildman–Crippen MR) is 71.7 cm³/mol. The fourth-order valence-corrected chi connectivity index (χ4v) is 3.22. The van der Waals surface area contributed by atoms with Crippen molar-refractivity contribution in [3.05, 3.63) is 0 Å². The normalized spacial score (nSPS) is 28.7. The van der Waals surface area contributed by atoms with E-state index in [1.165, 1.54) is 12.8 Å². The van der Waals surface area contributed by atoms with Crippen molar-refractivity contribution in [2.24, 2.45) is 5.92 Å². The van der Waals surface area contributed by atoms with Crippen molar-refractivity contribution in [1.82, 2.24) is 9.80 Å². The summed E-state index contributed by atoms with van der Waals surface area (Å²) < 4.78 is 0. The molecule has 2 fully saturated rings. The van der Waals surface area contributed by atoms with Gasteiger partial charge in [0.05, 0.1) is 5.92 Å². The Hall–Kier alpha value is -0.610. The molecule has 0 saturated carbocycles. The second kappa shape index (κ2) is 5.17. The number of hydrogen-bond donors (Lipinski definition) is 1. The Kier molecular flexibility index (Phi) is 3.97. The van der Waals surface area contributed by atoms with Gasteiger partial charge in [-0.2, -0.15) is 0 Å². The Balaban J connectivity index is 1.82. The van der Waals surface area contributed by atoms with E-state index in [2.05, 4.69) is 30.6 Å². The number of carboxylic acid groups (broad SMARTS) is 1. The molecule has 4 nitrogen and oxygen atoms in total. The van der Waals surface area contributed by atoms with Crippen LogP contribution >= 0.6 is 0 Å². The monoisotopic (exact) mass is 254 g/mol. The summed E-state index contributed by atoms with van der Waals surface area (Å²) >= 11 is 0. The molecule has 18 heavy (non-hydrogen) atoms. The van der Waals surface area contributed by atoms with E-state index in [1.54, 1.807) is 0 Å². The average molecular weight is 254 g/mol. The first kappa shape index (κ1) is 13.8. The number of nitrogens with zero attached hydrogens (tertiary/aromatic N) is 2. The molecule has 0 aromatic carbocycles. The molecule has 2 saturated heterocycles. The Labute approximate surface area is 110 Å². The lowest BCUT2D eigenvalue weighted by Crippen LogP contribution is -2.50. The maximum Gasteiger partial charge on any atom is 0.307 e. The summed E-state index contributed by atoms with van der Waals surface area (Å²) in [5, 5.41) is 9.04. The van der Waals surface area contributed by atoms with Crippen molar-refractivity contribution in [3.8, 4) is 0 Å². The zero-order chi connectivity index (χ0) is 13.3. The number of likely N-dealkylation sites (tertiary alicyclic amines) is 2. The summed E-state index contributed by atoms with van der Waals surface area (Å²) in [5.74, 6) is -0.754. The van der Waals surface area contributed by atoms with Crippen LogP contribution in [0.2, 0.25) is 0 Å². The highest BCUT2D eigenvalue weighted by Gasteiger charge is 2.35. The van der Waals surface area contributed by atoms with E-state index in [-0.39, 0.29) is 11.5 Å². The number of piperidine rings is 1. The molecular weight excluding hydrogens is 228 g/mol. The second-order valence-electron chi connectivity index (χ2n) is 6.71. The van der Waals surface area contributed by atoms with Crippen LogP contribution in [0, 0.1) is 5.92 Å². The molecular formula is C14H26N2O2. The van der Waals surface area contributed by atoms with Crippen LogP contribution in [-0.4, -0.2) is 58.6 Å². The van der Waals surface area contributed by atoms with E-state index in [9.17, 15) is 4.79 Å². The molecule has 2 rings (SSSR count). The van der Waals surface area contributed by atoms with Crippen molar-refractivity contribution in [2.75, 3.05) is 26.2 Å². The Morgan fingerprint density at radius 1 is 1.11 bits per heavy atom. The maximum atomic E-state index is 11.0. The Bertz CT molecular complexity index is 303. The van der Waals surface area contributed by atoms with Crippen LogP contribution in [0.1, 0.15) is 40.0 Å². The molecule has 2 aliphatic rings. The first-order valence-electron chi connectivity index (χ1n) is 7.10. The van der Waals surface area contributed by atoms with Crippen molar-refractivity contribution in [2.45, 2.75) is 51.6 Å². The first-order valence-corrected chi connectivity index (χ1v) is 7.10. The minimum absolute atomic E-state index is 0.134. The minimum atomic E-state index is -0.621. The Morgan fingerprint density at radius 2 is 1.72 bits per heavy atom. The van der Waals surface area contributed by atoms with Gasteiger partial charge in [0.2, 0.25) is 0 Å². The largest absolute Gasteiger partial charge is 0.481 e. The van der Waals surface area contributed by atoms with Crippen molar-refractivity contribution >= 4 is 5.97 Å². The van der Waals surface area contributed by atoms with E-state index in [4.69, 9.17) is 5.11 Å². The van der Waals surface area contributed by atoms with Gasteiger partial charge in [0.1, 0.15) is 0 Å². The van der Waals surface area contributed by atoms with Crippen LogP contribution in [0.25, 0.3) is 0 Å². The number of carboxylic acids is 1. The lowest BCUT2D eigenvalue weighted by Gasteiger charge is -2.43. The first-order chi connectivity index (χ1) is 8.38. The molecule has 1 unspecified atom stereocenters. The van der Waals surface area contributed by atoms with E-state index in [0.717, 1.165) is 32.6 Å². The van der Waals surface area contributed by atoms with Gasteiger partial charge in [0, 0.05) is 31.2 Å². The van der Waals surface area contributed by atoms with E-state index >= 15 is 0 Å². The molecule has 2 heterocycles. The molecule has 2 aliphatic heterocycles. The number of carbonyl (C=O) groups is 1. The number of rotatable bonds is 2. The summed E-state index contributed by atoms with van der Waals surface area (Å²) in [4.78, 5) is 15.9. The highest BCUT2D eigenvalue weighted by atomic mass is 16.4. The molecule has 0 spiro atoms. The average Bonchev–Trinajstić information content (AvgIpc) is 2.77. The molecule has 1 atom stereocenters. The third kappa shape index (κ3) is 3.04. The van der Waals surface area contributed by atoms with Gasteiger partial charge in [0.25, 0.3) is 0 Å². The predicted octanol–water partition coefficient (Wildman–Crippen LogP) is 1.66.